The van der Waals surface area contributed by atoms with E-state index in [1.54, 1.807) is 0 Å². The van der Waals surface area contributed by atoms with Gasteiger partial charge in [-0.25, -0.2) is 13.2 Å². The van der Waals surface area contributed by atoms with Crippen molar-refractivity contribution >= 4 is 21.8 Å². The predicted molar refractivity (Wildman–Crippen MR) is 120 cm³/mol. The molecule has 0 aliphatic carbocycles. The van der Waals surface area contributed by atoms with E-state index in [1.807, 2.05) is 46.8 Å². The molecule has 2 aromatic rings. The molecule has 32 heavy (non-hydrogen) atoms. The zero-order valence-electron chi connectivity index (χ0n) is 19.0. The summed E-state index contributed by atoms with van der Waals surface area (Å²) < 4.78 is 38.3. The number of hydrogen-bond acceptors (Lipinski definition) is 6. The van der Waals surface area contributed by atoms with Crippen molar-refractivity contribution in [2.24, 2.45) is 0 Å². The summed E-state index contributed by atoms with van der Waals surface area (Å²) in [5, 5.41) is 0. The van der Waals surface area contributed by atoms with Gasteiger partial charge >= 0.3 is 5.97 Å². The van der Waals surface area contributed by atoms with Crippen molar-refractivity contribution in [2.45, 2.75) is 51.7 Å². The minimum atomic E-state index is -3.79. The summed E-state index contributed by atoms with van der Waals surface area (Å²) in [5.41, 5.74) is 3.31. The van der Waals surface area contributed by atoms with E-state index in [0.717, 1.165) is 16.7 Å². The number of nitrogens with zero attached hydrogens (tertiary/aromatic N) is 1. The largest absolute Gasteiger partial charge is 0.454 e. The fourth-order valence-corrected chi connectivity index (χ4v) is 5.80. The first-order valence-corrected chi connectivity index (χ1v) is 12.0. The number of morpholine rings is 1. The second kappa shape index (κ2) is 9.52. The zero-order valence-corrected chi connectivity index (χ0v) is 19.9. The van der Waals surface area contributed by atoms with E-state index >= 15 is 0 Å². The summed E-state index contributed by atoms with van der Waals surface area (Å²) in [5.74, 6) is -1.05. The molecule has 0 spiro atoms. The van der Waals surface area contributed by atoms with Crippen LogP contribution < -0.4 is 0 Å². The van der Waals surface area contributed by atoms with Gasteiger partial charge in [-0.05, 0) is 63.9 Å². The lowest BCUT2D eigenvalue weighted by Crippen LogP contribution is -2.48. The molecule has 0 radical (unpaired) electrons. The first-order valence-electron chi connectivity index (χ1n) is 10.5. The van der Waals surface area contributed by atoms with Crippen molar-refractivity contribution < 1.29 is 27.5 Å². The quantitative estimate of drug-likeness (QED) is 0.486. The summed E-state index contributed by atoms with van der Waals surface area (Å²) in [4.78, 5) is 25.2. The molecule has 1 aliphatic rings. The summed E-state index contributed by atoms with van der Waals surface area (Å²) in [6, 6.07) is 9.51. The molecular formula is C24H29NO6S. The van der Waals surface area contributed by atoms with E-state index in [1.165, 1.54) is 28.6 Å². The summed E-state index contributed by atoms with van der Waals surface area (Å²) >= 11 is 0. The molecule has 3 rings (SSSR count). The van der Waals surface area contributed by atoms with Crippen molar-refractivity contribution in [3.63, 3.8) is 0 Å². The standard InChI is InChI=1S/C24H29NO6S/c1-15-9-16(2)23(17(3)10-15)22(26)14-30-24(27)20-7-6-8-21(11-20)32(28,29)25-12-18(4)31-19(5)13-25/h6-11,18-19H,12-14H2,1-5H3. The van der Waals surface area contributed by atoms with Gasteiger partial charge in [-0.2, -0.15) is 4.31 Å². The Kier molecular flexibility index (Phi) is 7.17. The number of sulfonamides is 1. The Hall–Kier alpha value is -2.55. The van der Waals surface area contributed by atoms with Gasteiger partial charge in [-0.15, -0.1) is 0 Å². The number of Topliss-reactive ketones (excluding diaryl/α,β-unsaturated/α-hetero) is 1. The lowest BCUT2D eigenvalue weighted by Gasteiger charge is -2.34. The Morgan fingerprint density at radius 1 is 1.03 bits per heavy atom. The predicted octanol–water partition coefficient (Wildman–Crippen LogP) is 3.45. The molecule has 1 saturated heterocycles. The summed E-state index contributed by atoms with van der Waals surface area (Å²) in [6.07, 6.45) is -0.442. The topological polar surface area (TPSA) is 90.0 Å². The second-order valence-corrected chi connectivity index (χ2v) is 10.3. The number of benzene rings is 2. The highest BCUT2D eigenvalue weighted by Gasteiger charge is 2.32. The first kappa shape index (κ1) is 24.1. The van der Waals surface area contributed by atoms with E-state index in [4.69, 9.17) is 9.47 Å². The van der Waals surface area contributed by atoms with Crippen LogP contribution in [0.3, 0.4) is 0 Å². The highest BCUT2D eigenvalue weighted by molar-refractivity contribution is 7.89. The third kappa shape index (κ3) is 5.26. The average Bonchev–Trinajstić information content (AvgIpc) is 2.70. The Morgan fingerprint density at radius 3 is 2.22 bits per heavy atom. The van der Waals surface area contributed by atoms with Crippen LogP contribution in [0.4, 0.5) is 0 Å². The van der Waals surface area contributed by atoms with Crippen molar-refractivity contribution in [1.29, 1.82) is 0 Å². The van der Waals surface area contributed by atoms with E-state index in [9.17, 15) is 18.0 Å². The second-order valence-electron chi connectivity index (χ2n) is 8.38. The van der Waals surface area contributed by atoms with Gasteiger partial charge in [0.1, 0.15) is 0 Å². The van der Waals surface area contributed by atoms with Crippen molar-refractivity contribution in [2.75, 3.05) is 19.7 Å². The Balaban J connectivity index is 1.74. The molecule has 1 fully saturated rings. The third-order valence-corrected chi connectivity index (χ3v) is 7.21. The van der Waals surface area contributed by atoms with Crippen LogP contribution in [-0.2, 0) is 19.5 Å². The number of aryl methyl sites for hydroxylation is 3. The van der Waals surface area contributed by atoms with Crippen LogP contribution >= 0.6 is 0 Å². The highest BCUT2D eigenvalue weighted by Crippen LogP contribution is 2.22. The normalized spacial score (nSPS) is 19.5. The number of carbonyl (C=O) groups excluding carboxylic acids is 2. The van der Waals surface area contributed by atoms with E-state index in [2.05, 4.69) is 0 Å². The van der Waals surface area contributed by atoms with Gasteiger partial charge in [0, 0.05) is 18.7 Å². The van der Waals surface area contributed by atoms with Crippen LogP contribution in [0.1, 0.15) is 51.3 Å². The van der Waals surface area contributed by atoms with Gasteiger partial charge in [0.15, 0.2) is 6.61 Å². The van der Waals surface area contributed by atoms with Crippen LogP contribution in [-0.4, -0.2) is 56.4 Å². The fraction of sp³-hybridized carbons (Fsp3) is 0.417. The summed E-state index contributed by atoms with van der Waals surface area (Å²) in [7, 11) is -3.79. The number of rotatable bonds is 6. The van der Waals surface area contributed by atoms with Crippen LogP contribution in [0.15, 0.2) is 41.3 Å². The van der Waals surface area contributed by atoms with E-state index in [-0.39, 0.29) is 41.5 Å². The van der Waals surface area contributed by atoms with Crippen molar-refractivity contribution in [3.8, 4) is 0 Å². The van der Waals surface area contributed by atoms with E-state index in [0.29, 0.717) is 5.56 Å². The maximum atomic E-state index is 13.1. The lowest BCUT2D eigenvalue weighted by molar-refractivity contribution is -0.0440. The molecule has 1 aliphatic heterocycles. The van der Waals surface area contributed by atoms with Gasteiger partial charge in [0.2, 0.25) is 15.8 Å². The Morgan fingerprint density at radius 2 is 1.62 bits per heavy atom. The molecule has 2 atom stereocenters. The Labute approximate surface area is 189 Å². The smallest absolute Gasteiger partial charge is 0.338 e. The van der Waals surface area contributed by atoms with Crippen LogP contribution in [0, 0.1) is 20.8 Å². The van der Waals surface area contributed by atoms with Crippen molar-refractivity contribution in [3.05, 3.63) is 64.2 Å². The lowest BCUT2D eigenvalue weighted by atomic mass is 9.97. The number of ether oxygens (including phenoxy) is 2. The maximum Gasteiger partial charge on any atom is 0.338 e. The van der Waals surface area contributed by atoms with Crippen molar-refractivity contribution in [1.82, 2.24) is 4.31 Å². The Bertz CT molecular complexity index is 1110. The van der Waals surface area contributed by atoms with Gasteiger partial charge in [0.05, 0.1) is 22.7 Å². The van der Waals surface area contributed by atoms with Crippen LogP contribution in [0.25, 0.3) is 0 Å². The number of hydrogen-bond donors (Lipinski definition) is 0. The van der Waals surface area contributed by atoms with Gasteiger partial charge in [-0.3, -0.25) is 4.79 Å². The van der Waals surface area contributed by atoms with Gasteiger partial charge < -0.3 is 9.47 Å². The highest BCUT2D eigenvalue weighted by atomic mass is 32.2. The number of ketones is 1. The zero-order chi connectivity index (χ0) is 23.6. The molecule has 0 N–H and O–H groups in total. The fourth-order valence-electron chi connectivity index (χ4n) is 4.17. The van der Waals surface area contributed by atoms with Gasteiger partial charge in [0.25, 0.3) is 0 Å². The van der Waals surface area contributed by atoms with Crippen LogP contribution in [0.5, 0.6) is 0 Å². The molecule has 0 amide bonds. The molecule has 0 saturated carbocycles. The average molecular weight is 460 g/mol. The molecular weight excluding hydrogens is 430 g/mol. The minimum absolute atomic E-state index is 0.00444. The number of esters is 1. The van der Waals surface area contributed by atoms with E-state index < -0.39 is 22.6 Å². The molecule has 2 unspecified atom stereocenters. The molecule has 0 bridgehead atoms. The molecule has 2 aromatic carbocycles. The molecule has 172 valence electrons. The third-order valence-electron chi connectivity index (χ3n) is 5.38. The molecule has 7 nitrogen and oxygen atoms in total. The maximum absolute atomic E-state index is 13.1. The first-order chi connectivity index (χ1) is 15.0. The molecule has 8 heteroatoms. The molecule has 0 aromatic heterocycles. The van der Waals surface area contributed by atoms with Crippen LogP contribution in [0.2, 0.25) is 0 Å². The molecule has 1 heterocycles. The monoisotopic (exact) mass is 459 g/mol. The van der Waals surface area contributed by atoms with Gasteiger partial charge in [-0.1, -0.05) is 23.8 Å². The number of carbonyl (C=O) groups is 2. The SMILES string of the molecule is Cc1cc(C)c(C(=O)COC(=O)c2cccc(S(=O)(=O)N3CC(C)OC(C)C3)c2)c(C)c1. The minimum Gasteiger partial charge on any atom is -0.454 e. The summed E-state index contributed by atoms with van der Waals surface area (Å²) in [6.45, 7) is 9.34.